The molecule has 0 radical (unpaired) electrons. The fourth-order valence-electron chi connectivity index (χ4n) is 2.94. The van der Waals surface area contributed by atoms with Gasteiger partial charge in [0.25, 0.3) is 0 Å². The van der Waals surface area contributed by atoms with Crippen molar-refractivity contribution in [2.75, 3.05) is 13.7 Å². The first-order valence-electron chi connectivity index (χ1n) is 6.76. The summed E-state index contributed by atoms with van der Waals surface area (Å²) in [6.45, 7) is 4.29. The lowest BCUT2D eigenvalue weighted by atomic mass is 9.74. The fourth-order valence-corrected chi connectivity index (χ4v) is 2.94. The van der Waals surface area contributed by atoms with Gasteiger partial charge in [-0.15, -0.1) is 0 Å². The van der Waals surface area contributed by atoms with Crippen LogP contribution in [0.25, 0.3) is 0 Å². The second-order valence-corrected chi connectivity index (χ2v) is 5.61. The Morgan fingerprint density at radius 3 is 2.71 bits per heavy atom. The van der Waals surface area contributed by atoms with E-state index in [0.717, 1.165) is 19.3 Å². The van der Waals surface area contributed by atoms with Crippen LogP contribution in [0, 0.1) is 11.8 Å². The highest BCUT2D eigenvalue weighted by molar-refractivity contribution is 5.88. The van der Waals surface area contributed by atoms with Crippen molar-refractivity contribution in [1.82, 2.24) is 0 Å². The number of methoxy groups -OCH3 is 1. The summed E-state index contributed by atoms with van der Waals surface area (Å²) in [4.78, 5) is 12.0. The van der Waals surface area contributed by atoms with Gasteiger partial charge in [0.1, 0.15) is 12.2 Å². The SMILES string of the molecule is CCC1CCCC(C)CC(O)(C(=O)COC)C1. The number of carbonyl (C=O) groups excluding carboxylic acids is 1. The van der Waals surface area contributed by atoms with Gasteiger partial charge >= 0.3 is 0 Å². The lowest BCUT2D eigenvalue weighted by molar-refractivity contribution is -0.146. The number of hydrogen-bond acceptors (Lipinski definition) is 3. The third-order valence-electron chi connectivity index (χ3n) is 3.99. The maximum Gasteiger partial charge on any atom is 0.189 e. The molecule has 0 aromatic heterocycles. The van der Waals surface area contributed by atoms with Crippen LogP contribution in [0.15, 0.2) is 0 Å². The number of Topliss-reactive ketones (excluding diaryl/α,β-unsaturated/α-hetero) is 1. The molecule has 1 saturated carbocycles. The van der Waals surface area contributed by atoms with E-state index in [1.165, 1.54) is 13.5 Å². The first-order chi connectivity index (χ1) is 8.01. The van der Waals surface area contributed by atoms with Gasteiger partial charge in [0.05, 0.1) is 0 Å². The summed E-state index contributed by atoms with van der Waals surface area (Å²) in [5.74, 6) is 0.735. The molecule has 3 atom stereocenters. The van der Waals surface area contributed by atoms with Crippen molar-refractivity contribution in [3.8, 4) is 0 Å². The summed E-state index contributed by atoms with van der Waals surface area (Å²) >= 11 is 0. The van der Waals surface area contributed by atoms with E-state index in [-0.39, 0.29) is 12.4 Å². The first kappa shape index (κ1) is 14.7. The van der Waals surface area contributed by atoms with Crippen LogP contribution < -0.4 is 0 Å². The van der Waals surface area contributed by atoms with Crippen molar-refractivity contribution in [1.29, 1.82) is 0 Å². The Kier molecular flexibility index (Phi) is 5.60. The molecule has 100 valence electrons. The minimum atomic E-state index is -1.16. The number of ether oxygens (including phenoxy) is 1. The van der Waals surface area contributed by atoms with Crippen LogP contribution in [-0.2, 0) is 9.53 Å². The normalized spacial score (nSPS) is 35.1. The van der Waals surface area contributed by atoms with Crippen molar-refractivity contribution >= 4 is 5.78 Å². The van der Waals surface area contributed by atoms with E-state index in [2.05, 4.69) is 13.8 Å². The number of carbonyl (C=O) groups is 1. The van der Waals surface area contributed by atoms with E-state index in [0.29, 0.717) is 24.7 Å². The third-order valence-corrected chi connectivity index (χ3v) is 3.99. The maximum atomic E-state index is 12.0. The quantitative estimate of drug-likeness (QED) is 0.824. The minimum absolute atomic E-state index is 0.0274. The van der Waals surface area contributed by atoms with Crippen molar-refractivity contribution in [3.05, 3.63) is 0 Å². The van der Waals surface area contributed by atoms with Crippen LogP contribution in [0.5, 0.6) is 0 Å². The smallest absolute Gasteiger partial charge is 0.189 e. The van der Waals surface area contributed by atoms with Gasteiger partial charge in [-0.3, -0.25) is 4.79 Å². The Morgan fingerprint density at radius 2 is 2.12 bits per heavy atom. The average Bonchev–Trinajstić information content (AvgIpc) is 2.25. The van der Waals surface area contributed by atoms with Crippen LogP contribution in [-0.4, -0.2) is 30.2 Å². The lowest BCUT2D eigenvalue weighted by Crippen LogP contribution is -2.44. The zero-order valence-corrected chi connectivity index (χ0v) is 11.4. The van der Waals surface area contributed by atoms with Gasteiger partial charge < -0.3 is 9.84 Å². The largest absolute Gasteiger partial charge is 0.382 e. The topological polar surface area (TPSA) is 46.5 Å². The Bertz CT molecular complexity index is 252. The molecular formula is C14H26O3. The Morgan fingerprint density at radius 1 is 1.41 bits per heavy atom. The van der Waals surface area contributed by atoms with Crippen molar-refractivity contribution in [2.45, 2.75) is 58.0 Å². The van der Waals surface area contributed by atoms with Crippen LogP contribution in [0.2, 0.25) is 0 Å². The second kappa shape index (κ2) is 6.50. The predicted molar refractivity (Wildman–Crippen MR) is 67.9 cm³/mol. The summed E-state index contributed by atoms with van der Waals surface area (Å²) in [5, 5.41) is 10.6. The molecule has 0 spiro atoms. The fraction of sp³-hybridized carbons (Fsp3) is 0.929. The summed E-state index contributed by atoms with van der Waals surface area (Å²) in [5.41, 5.74) is -1.16. The van der Waals surface area contributed by atoms with E-state index in [1.54, 1.807) is 0 Å². The minimum Gasteiger partial charge on any atom is -0.382 e. The lowest BCUT2D eigenvalue weighted by Gasteiger charge is -2.35. The number of ketones is 1. The first-order valence-corrected chi connectivity index (χ1v) is 6.76. The van der Waals surface area contributed by atoms with Gasteiger partial charge in [-0.05, 0) is 24.7 Å². The highest BCUT2D eigenvalue weighted by Gasteiger charge is 2.39. The number of hydrogen-bond donors (Lipinski definition) is 1. The van der Waals surface area contributed by atoms with Gasteiger partial charge in [-0.1, -0.05) is 39.5 Å². The molecule has 0 amide bonds. The molecule has 17 heavy (non-hydrogen) atoms. The third kappa shape index (κ3) is 4.07. The zero-order valence-electron chi connectivity index (χ0n) is 11.4. The average molecular weight is 242 g/mol. The van der Waals surface area contributed by atoms with Crippen LogP contribution in [0.4, 0.5) is 0 Å². The molecule has 0 bridgehead atoms. The van der Waals surface area contributed by atoms with Crippen LogP contribution in [0.3, 0.4) is 0 Å². The zero-order chi connectivity index (χ0) is 12.9. The molecule has 1 N–H and O–H groups in total. The summed E-state index contributed by atoms with van der Waals surface area (Å²) in [6, 6.07) is 0. The van der Waals surface area contributed by atoms with Gasteiger partial charge in [0, 0.05) is 7.11 Å². The van der Waals surface area contributed by atoms with E-state index in [9.17, 15) is 9.90 Å². The molecule has 0 aliphatic heterocycles. The van der Waals surface area contributed by atoms with Gasteiger partial charge in [0.15, 0.2) is 5.78 Å². The standard InChI is InChI=1S/C14H26O3/c1-4-12-7-5-6-11(2)8-14(16,9-12)13(15)10-17-3/h11-12,16H,4-10H2,1-3H3. The molecule has 0 saturated heterocycles. The van der Waals surface area contributed by atoms with Crippen molar-refractivity contribution in [3.63, 3.8) is 0 Å². The van der Waals surface area contributed by atoms with Gasteiger partial charge in [0.2, 0.25) is 0 Å². The summed E-state index contributed by atoms with van der Waals surface area (Å²) in [6.07, 6.45) is 5.69. The number of aliphatic hydroxyl groups is 1. The molecule has 0 aromatic rings. The van der Waals surface area contributed by atoms with E-state index in [4.69, 9.17) is 4.74 Å². The van der Waals surface area contributed by atoms with E-state index < -0.39 is 5.60 Å². The molecule has 3 nitrogen and oxygen atoms in total. The van der Waals surface area contributed by atoms with E-state index >= 15 is 0 Å². The monoisotopic (exact) mass is 242 g/mol. The molecule has 3 heteroatoms. The predicted octanol–water partition coefficient (Wildman–Crippen LogP) is 2.56. The van der Waals surface area contributed by atoms with Gasteiger partial charge in [-0.25, -0.2) is 0 Å². The highest BCUT2D eigenvalue weighted by atomic mass is 16.5. The highest BCUT2D eigenvalue weighted by Crippen LogP contribution is 2.34. The Balaban J connectivity index is 2.77. The van der Waals surface area contributed by atoms with E-state index in [1.807, 2.05) is 0 Å². The van der Waals surface area contributed by atoms with Crippen molar-refractivity contribution < 1.29 is 14.6 Å². The van der Waals surface area contributed by atoms with Gasteiger partial charge in [-0.2, -0.15) is 0 Å². The van der Waals surface area contributed by atoms with Crippen LogP contribution >= 0.6 is 0 Å². The molecule has 1 fully saturated rings. The summed E-state index contributed by atoms with van der Waals surface area (Å²) in [7, 11) is 1.50. The Hall–Kier alpha value is -0.410. The summed E-state index contributed by atoms with van der Waals surface area (Å²) < 4.78 is 4.89. The Labute approximate surface area is 105 Å². The molecule has 1 rings (SSSR count). The molecule has 0 aromatic carbocycles. The second-order valence-electron chi connectivity index (χ2n) is 5.61. The number of rotatable bonds is 4. The molecule has 1 aliphatic carbocycles. The molecule has 1 aliphatic rings. The molecule has 0 heterocycles. The van der Waals surface area contributed by atoms with Crippen LogP contribution in [0.1, 0.15) is 52.4 Å². The molecule has 3 unspecified atom stereocenters. The molecular weight excluding hydrogens is 216 g/mol. The van der Waals surface area contributed by atoms with Crippen molar-refractivity contribution in [2.24, 2.45) is 11.8 Å². The maximum absolute atomic E-state index is 12.0.